The Hall–Kier alpha value is -0.0700. The summed E-state index contributed by atoms with van der Waals surface area (Å²) in [4.78, 5) is 0. The maximum Gasteiger partial charge on any atom is 0.103 e. The highest BCUT2D eigenvalue weighted by atomic mass is 19.1. The molecule has 0 aromatic heterocycles. The molecule has 0 N–H and O–H groups in total. The fraction of sp³-hybridized carbons (Fsp3) is 1.00. The van der Waals surface area contributed by atoms with Crippen LogP contribution in [-0.4, -0.2) is 6.17 Å². The van der Waals surface area contributed by atoms with Gasteiger partial charge in [-0.05, 0) is 31.1 Å². The zero-order valence-corrected chi connectivity index (χ0v) is 6.35. The predicted molar refractivity (Wildman–Crippen MR) is 39.6 cm³/mol. The first-order valence-corrected chi connectivity index (χ1v) is 4.52. The van der Waals surface area contributed by atoms with Gasteiger partial charge in [0.05, 0.1) is 0 Å². The van der Waals surface area contributed by atoms with Gasteiger partial charge in [-0.15, -0.1) is 0 Å². The van der Waals surface area contributed by atoms with E-state index in [1.165, 1.54) is 32.1 Å². The van der Waals surface area contributed by atoms with Crippen LogP contribution < -0.4 is 0 Å². The molecule has 2 saturated carbocycles. The van der Waals surface area contributed by atoms with Gasteiger partial charge in [0.15, 0.2) is 0 Å². The quantitative estimate of drug-likeness (QED) is 0.488. The van der Waals surface area contributed by atoms with Crippen molar-refractivity contribution < 1.29 is 4.39 Å². The van der Waals surface area contributed by atoms with Gasteiger partial charge in [-0.25, -0.2) is 4.39 Å². The van der Waals surface area contributed by atoms with E-state index >= 15 is 0 Å². The van der Waals surface area contributed by atoms with E-state index in [2.05, 4.69) is 0 Å². The van der Waals surface area contributed by atoms with E-state index in [0.717, 1.165) is 12.3 Å². The summed E-state index contributed by atoms with van der Waals surface area (Å²) in [5.41, 5.74) is 0. The van der Waals surface area contributed by atoms with Crippen molar-refractivity contribution in [2.75, 3.05) is 0 Å². The fourth-order valence-electron chi connectivity index (χ4n) is 2.66. The van der Waals surface area contributed by atoms with Gasteiger partial charge in [0.2, 0.25) is 0 Å². The first-order chi connectivity index (χ1) is 4.88. The molecule has 10 heavy (non-hydrogen) atoms. The first-order valence-electron chi connectivity index (χ1n) is 4.52. The Morgan fingerprint density at radius 3 is 2.50 bits per heavy atom. The van der Waals surface area contributed by atoms with E-state index in [1.807, 2.05) is 0 Å². The van der Waals surface area contributed by atoms with Gasteiger partial charge in [-0.3, -0.25) is 0 Å². The summed E-state index contributed by atoms with van der Waals surface area (Å²) < 4.78 is 13.1. The minimum atomic E-state index is -0.440. The van der Waals surface area contributed by atoms with Crippen LogP contribution >= 0.6 is 0 Å². The lowest BCUT2D eigenvalue weighted by Gasteiger charge is -2.25. The van der Waals surface area contributed by atoms with Crippen LogP contribution in [0.25, 0.3) is 0 Å². The summed E-state index contributed by atoms with van der Waals surface area (Å²) in [5.74, 6) is 1.23. The van der Waals surface area contributed by atoms with Crippen LogP contribution in [0.3, 0.4) is 0 Å². The predicted octanol–water partition coefficient (Wildman–Crippen LogP) is 2.92. The van der Waals surface area contributed by atoms with Crippen molar-refractivity contribution in [1.29, 1.82) is 0 Å². The number of halogens is 1. The van der Waals surface area contributed by atoms with Crippen LogP contribution in [0, 0.1) is 11.8 Å². The highest BCUT2D eigenvalue weighted by molar-refractivity contribution is 4.87. The molecule has 0 saturated heterocycles. The lowest BCUT2D eigenvalue weighted by molar-refractivity contribution is 0.182. The number of hydrogen-bond acceptors (Lipinski definition) is 0. The van der Waals surface area contributed by atoms with E-state index in [1.54, 1.807) is 0 Å². The molecule has 0 nitrogen and oxygen atoms in total. The van der Waals surface area contributed by atoms with Crippen LogP contribution in [0.1, 0.15) is 38.5 Å². The molecule has 2 aliphatic rings. The number of alkyl halides is 1. The molecule has 3 atom stereocenters. The Kier molecular flexibility index (Phi) is 1.67. The smallest absolute Gasteiger partial charge is 0.103 e. The highest BCUT2D eigenvalue weighted by Crippen LogP contribution is 2.43. The normalized spacial score (nSPS) is 47.1. The molecule has 0 heterocycles. The van der Waals surface area contributed by atoms with E-state index in [0.29, 0.717) is 5.92 Å². The Bertz CT molecular complexity index is 120. The molecule has 0 aromatic carbocycles. The van der Waals surface area contributed by atoms with E-state index in [-0.39, 0.29) is 0 Å². The summed E-state index contributed by atoms with van der Waals surface area (Å²) in [5, 5.41) is 0. The number of rotatable bonds is 0. The Labute approximate surface area is 61.8 Å². The maximum absolute atomic E-state index is 13.1. The van der Waals surface area contributed by atoms with Gasteiger partial charge in [-0.2, -0.15) is 0 Å². The summed E-state index contributed by atoms with van der Waals surface area (Å²) in [6.45, 7) is 0. The van der Waals surface area contributed by atoms with E-state index < -0.39 is 6.17 Å². The van der Waals surface area contributed by atoms with Crippen LogP contribution in [0.2, 0.25) is 0 Å². The van der Waals surface area contributed by atoms with Crippen LogP contribution in [0.5, 0.6) is 0 Å². The van der Waals surface area contributed by atoms with Gasteiger partial charge in [0.1, 0.15) is 6.17 Å². The van der Waals surface area contributed by atoms with Crippen molar-refractivity contribution in [1.82, 2.24) is 0 Å². The maximum atomic E-state index is 13.1. The summed E-state index contributed by atoms with van der Waals surface area (Å²) in [6, 6.07) is 0. The van der Waals surface area contributed by atoms with Crippen molar-refractivity contribution in [3.8, 4) is 0 Å². The molecule has 2 aliphatic carbocycles. The largest absolute Gasteiger partial charge is 0.247 e. The third-order valence-electron chi connectivity index (χ3n) is 3.25. The SMILES string of the molecule is FC1CCC2CCCCC12. The second-order valence-electron chi connectivity index (χ2n) is 3.80. The number of fused-ring (bicyclic) bond motifs is 1. The summed E-state index contributed by atoms with van der Waals surface area (Å²) in [6.07, 6.45) is 6.71. The van der Waals surface area contributed by atoms with E-state index in [9.17, 15) is 4.39 Å². The van der Waals surface area contributed by atoms with Gasteiger partial charge >= 0.3 is 0 Å². The van der Waals surface area contributed by atoms with Gasteiger partial charge in [0, 0.05) is 0 Å². The lowest BCUT2D eigenvalue weighted by atomic mass is 9.81. The molecule has 3 unspecified atom stereocenters. The average molecular weight is 142 g/mol. The monoisotopic (exact) mass is 142 g/mol. The molecular formula is C9H15F. The first kappa shape index (κ1) is 6.63. The average Bonchev–Trinajstić information content (AvgIpc) is 2.34. The Balaban J connectivity index is 2.01. The van der Waals surface area contributed by atoms with Crippen molar-refractivity contribution in [2.45, 2.75) is 44.7 Å². The molecular weight excluding hydrogens is 127 g/mol. The zero-order chi connectivity index (χ0) is 6.97. The van der Waals surface area contributed by atoms with Gasteiger partial charge < -0.3 is 0 Å². The molecule has 0 bridgehead atoms. The van der Waals surface area contributed by atoms with Crippen molar-refractivity contribution in [3.63, 3.8) is 0 Å². The van der Waals surface area contributed by atoms with Gasteiger partial charge in [0.25, 0.3) is 0 Å². The molecule has 0 radical (unpaired) electrons. The third-order valence-corrected chi connectivity index (χ3v) is 3.25. The zero-order valence-electron chi connectivity index (χ0n) is 6.35. The van der Waals surface area contributed by atoms with E-state index in [4.69, 9.17) is 0 Å². The van der Waals surface area contributed by atoms with Crippen LogP contribution in [0.4, 0.5) is 4.39 Å². The Morgan fingerprint density at radius 1 is 0.900 bits per heavy atom. The minimum absolute atomic E-state index is 0.440. The van der Waals surface area contributed by atoms with Crippen molar-refractivity contribution in [2.24, 2.45) is 11.8 Å². The second-order valence-corrected chi connectivity index (χ2v) is 3.80. The lowest BCUT2D eigenvalue weighted by Crippen LogP contribution is -2.19. The van der Waals surface area contributed by atoms with Crippen molar-refractivity contribution >= 4 is 0 Å². The molecule has 0 aliphatic heterocycles. The highest BCUT2D eigenvalue weighted by Gasteiger charge is 2.37. The number of hydrogen-bond donors (Lipinski definition) is 0. The summed E-state index contributed by atoms with van der Waals surface area (Å²) in [7, 11) is 0. The minimum Gasteiger partial charge on any atom is -0.247 e. The fourth-order valence-corrected chi connectivity index (χ4v) is 2.66. The molecule has 2 rings (SSSR count). The van der Waals surface area contributed by atoms with Crippen molar-refractivity contribution in [3.05, 3.63) is 0 Å². The molecule has 0 spiro atoms. The topological polar surface area (TPSA) is 0 Å². The molecule has 1 heteroatoms. The molecule has 2 fully saturated rings. The third kappa shape index (κ3) is 0.959. The molecule has 0 aromatic rings. The van der Waals surface area contributed by atoms with Crippen LogP contribution in [0.15, 0.2) is 0 Å². The van der Waals surface area contributed by atoms with Crippen LogP contribution in [-0.2, 0) is 0 Å². The second kappa shape index (κ2) is 2.52. The van der Waals surface area contributed by atoms with Gasteiger partial charge in [-0.1, -0.05) is 19.3 Å². The Morgan fingerprint density at radius 2 is 1.70 bits per heavy atom. The summed E-state index contributed by atoms with van der Waals surface area (Å²) >= 11 is 0. The molecule has 58 valence electrons. The standard InChI is InChI=1S/C9H15F/c10-9-6-5-7-3-1-2-4-8(7)9/h7-9H,1-6H2. The molecule has 0 amide bonds.